The molecule has 178 valence electrons. The Balaban J connectivity index is 0.00000512. The lowest BCUT2D eigenvalue weighted by Gasteiger charge is -2.17. The fourth-order valence-corrected chi connectivity index (χ4v) is 3.46. The number of benzene rings is 1. The highest BCUT2D eigenvalue weighted by Crippen LogP contribution is 2.23. The van der Waals surface area contributed by atoms with E-state index in [-0.39, 0.29) is 35.8 Å². The maximum absolute atomic E-state index is 11.4. The molecule has 10 heteroatoms. The van der Waals surface area contributed by atoms with Crippen LogP contribution < -0.4 is 20.1 Å². The van der Waals surface area contributed by atoms with Crippen molar-refractivity contribution in [3.63, 3.8) is 0 Å². The molecule has 1 aromatic heterocycles. The van der Waals surface area contributed by atoms with Crippen LogP contribution in [0.2, 0.25) is 0 Å². The number of ether oxygens (including phenoxy) is 2. The third-order valence-corrected chi connectivity index (χ3v) is 5.20. The molecule has 0 bridgehead atoms. The van der Waals surface area contributed by atoms with Crippen LogP contribution in [0, 0.1) is 0 Å². The van der Waals surface area contributed by atoms with Crippen molar-refractivity contribution < 1.29 is 17.9 Å². The summed E-state index contributed by atoms with van der Waals surface area (Å²) in [5.74, 6) is 2.72. The molecule has 1 heterocycles. The third kappa shape index (κ3) is 11.0. The third-order valence-electron chi connectivity index (χ3n) is 4.23. The summed E-state index contributed by atoms with van der Waals surface area (Å²) in [5, 5.41) is 6.43. The van der Waals surface area contributed by atoms with Gasteiger partial charge in [-0.3, -0.25) is 0 Å². The largest absolute Gasteiger partial charge is 0.494 e. The summed E-state index contributed by atoms with van der Waals surface area (Å²) < 4.78 is 34.0. The van der Waals surface area contributed by atoms with Crippen molar-refractivity contribution in [2.24, 2.45) is 4.99 Å². The predicted octanol–water partition coefficient (Wildman–Crippen LogP) is 3.77. The second-order valence-corrected chi connectivity index (χ2v) is 9.43. The second kappa shape index (κ2) is 14.1. The molecule has 0 saturated heterocycles. The van der Waals surface area contributed by atoms with Crippen LogP contribution in [0.4, 0.5) is 0 Å². The zero-order valence-electron chi connectivity index (χ0n) is 19.0. The van der Waals surface area contributed by atoms with Crippen LogP contribution in [0.15, 0.2) is 47.6 Å². The summed E-state index contributed by atoms with van der Waals surface area (Å²) >= 11 is 0. The number of guanidine groups is 1. The molecule has 8 nitrogen and oxygen atoms in total. The molecule has 2 aromatic rings. The van der Waals surface area contributed by atoms with Crippen LogP contribution in [-0.4, -0.2) is 50.6 Å². The summed E-state index contributed by atoms with van der Waals surface area (Å²) in [6.07, 6.45) is 3.44. The van der Waals surface area contributed by atoms with E-state index in [9.17, 15) is 8.42 Å². The minimum absolute atomic E-state index is 0. The first-order valence-electron chi connectivity index (χ1n) is 10.4. The predicted molar refractivity (Wildman–Crippen MR) is 139 cm³/mol. The van der Waals surface area contributed by atoms with Gasteiger partial charge >= 0.3 is 0 Å². The highest BCUT2D eigenvalue weighted by atomic mass is 127. The van der Waals surface area contributed by atoms with E-state index in [1.165, 1.54) is 6.26 Å². The zero-order chi connectivity index (χ0) is 22.7. The molecule has 0 aliphatic rings. The minimum atomic E-state index is -2.99. The van der Waals surface area contributed by atoms with Crippen molar-refractivity contribution >= 4 is 39.8 Å². The van der Waals surface area contributed by atoms with Crippen LogP contribution in [0.1, 0.15) is 32.8 Å². The molecule has 2 N–H and O–H groups in total. The van der Waals surface area contributed by atoms with E-state index in [1.807, 2.05) is 57.2 Å². The highest BCUT2D eigenvalue weighted by molar-refractivity contribution is 14.0. The minimum Gasteiger partial charge on any atom is -0.494 e. The number of hydrogen-bond donors (Lipinski definition) is 2. The Morgan fingerprint density at radius 3 is 2.47 bits per heavy atom. The Morgan fingerprint density at radius 1 is 1.16 bits per heavy atom. The van der Waals surface area contributed by atoms with Crippen molar-refractivity contribution in [1.82, 2.24) is 15.6 Å². The van der Waals surface area contributed by atoms with Crippen LogP contribution >= 0.6 is 24.0 Å². The number of rotatable bonds is 11. The van der Waals surface area contributed by atoms with Crippen molar-refractivity contribution in [2.45, 2.75) is 39.8 Å². The number of nitrogens with zero attached hydrogens (tertiary/aromatic N) is 2. The van der Waals surface area contributed by atoms with Crippen LogP contribution in [0.5, 0.6) is 17.4 Å². The van der Waals surface area contributed by atoms with E-state index in [0.29, 0.717) is 43.7 Å². The van der Waals surface area contributed by atoms with Gasteiger partial charge in [-0.25, -0.2) is 18.4 Å². The van der Waals surface area contributed by atoms with E-state index >= 15 is 0 Å². The Morgan fingerprint density at radius 2 is 1.84 bits per heavy atom. The standard InChI is InChI=1S/C22H32N4O4S.HI/c1-5-23-22(26-17(3)12-14-31(4,27)28)25-16-18-11-13-24-21(15-18)30-20-9-7-19(8-10-20)29-6-2;/h7-11,13,15,17H,5-6,12,14,16H2,1-4H3,(H2,23,25,26);1H. The van der Waals surface area contributed by atoms with Crippen LogP contribution in [0.25, 0.3) is 0 Å². The summed E-state index contributed by atoms with van der Waals surface area (Å²) in [6.45, 7) is 7.60. The van der Waals surface area contributed by atoms with Gasteiger partial charge in [-0.15, -0.1) is 24.0 Å². The fraction of sp³-hybridized carbons (Fsp3) is 0.455. The molecular formula is C22H33IN4O4S. The van der Waals surface area contributed by atoms with Gasteiger partial charge in [0.15, 0.2) is 5.96 Å². The number of pyridine rings is 1. The molecule has 0 spiro atoms. The number of nitrogens with one attached hydrogen (secondary N) is 2. The van der Waals surface area contributed by atoms with Gasteiger partial charge in [-0.2, -0.15) is 0 Å². The average molecular weight is 577 g/mol. The fourth-order valence-electron chi connectivity index (χ4n) is 2.68. The van der Waals surface area contributed by atoms with Crippen molar-refractivity contribution in [2.75, 3.05) is 25.2 Å². The summed E-state index contributed by atoms with van der Waals surface area (Å²) in [4.78, 5) is 8.86. The first kappa shape index (κ1) is 28.0. The SMILES string of the molecule is CCNC(=NCc1ccnc(Oc2ccc(OCC)cc2)c1)NC(C)CCS(C)(=O)=O.I. The van der Waals surface area contributed by atoms with Gasteiger partial charge in [0, 0.05) is 31.1 Å². The van der Waals surface area contributed by atoms with Crippen LogP contribution in [-0.2, 0) is 16.4 Å². The lowest BCUT2D eigenvalue weighted by Crippen LogP contribution is -2.42. The molecule has 2 rings (SSSR count). The van der Waals surface area contributed by atoms with Gasteiger partial charge in [0.05, 0.1) is 18.9 Å². The Hall–Kier alpha value is -2.08. The molecule has 0 saturated carbocycles. The maximum Gasteiger partial charge on any atom is 0.219 e. The molecular weight excluding hydrogens is 543 g/mol. The highest BCUT2D eigenvalue weighted by Gasteiger charge is 2.09. The van der Waals surface area contributed by atoms with Gasteiger partial charge in [0.2, 0.25) is 5.88 Å². The molecule has 1 atom stereocenters. The van der Waals surface area contributed by atoms with E-state index in [4.69, 9.17) is 9.47 Å². The van der Waals surface area contributed by atoms with E-state index < -0.39 is 9.84 Å². The first-order valence-corrected chi connectivity index (χ1v) is 12.4. The zero-order valence-corrected chi connectivity index (χ0v) is 22.1. The van der Waals surface area contributed by atoms with Crippen molar-refractivity contribution in [3.05, 3.63) is 48.2 Å². The van der Waals surface area contributed by atoms with E-state index in [1.54, 1.807) is 6.20 Å². The first-order chi connectivity index (χ1) is 14.8. The van der Waals surface area contributed by atoms with Gasteiger partial charge in [0.25, 0.3) is 0 Å². The quantitative estimate of drug-likeness (QED) is 0.239. The molecule has 32 heavy (non-hydrogen) atoms. The number of aromatic nitrogens is 1. The maximum atomic E-state index is 11.4. The van der Waals surface area contributed by atoms with E-state index in [0.717, 1.165) is 11.3 Å². The molecule has 0 aliphatic carbocycles. The molecule has 0 fully saturated rings. The Kier molecular flexibility index (Phi) is 12.4. The van der Waals surface area contributed by atoms with Gasteiger partial charge in [-0.05, 0) is 63.1 Å². The number of hydrogen-bond acceptors (Lipinski definition) is 6. The van der Waals surface area contributed by atoms with Crippen molar-refractivity contribution in [1.29, 1.82) is 0 Å². The van der Waals surface area contributed by atoms with Gasteiger partial charge in [0.1, 0.15) is 21.3 Å². The Bertz CT molecular complexity index is 953. The average Bonchev–Trinajstić information content (AvgIpc) is 2.72. The monoisotopic (exact) mass is 576 g/mol. The molecule has 1 unspecified atom stereocenters. The second-order valence-electron chi connectivity index (χ2n) is 7.17. The number of aliphatic imine (C=N–C) groups is 1. The van der Waals surface area contributed by atoms with E-state index in [2.05, 4.69) is 20.6 Å². The summed E-state index contributed by atoms with van der Waals surface area (Å²) in [5.41, 5.74) is 0.942. The van der Waals surface area contributed by atoms with Crippen molar-refractivity contribution in [3.8, 4) is 17.4 Å². The smallest absolute Gasteiger partial charge is 0.219 e. The lowest BCUT2D eigenvalue weighted by molar-refractivity contribution is 0.339. The molecule has 0 radical (unpaired) electrons. The summed E-state index contributed by atoms with van der Waals surface area (Å²) in [6, 6.07) is 11.1. The molecule has 1 aromatic carbocycles. The van der Waals surface area contributed by atoms with Crippen LogP contribution in [0.3, 0.4) is 0 Å². The Labute approximate surface area is 208 Å². The topological polar surface area (TPSA) is 102 Å². The molecule has 0 aliphatic heterocycles. The lowest BCUT2D eigenvalue weighted by atomic mass is 10.2. The van der Waals surface area contributed by atoms with Gasteiger partial charge in [-0.1, -0.05) is 0 Å². The van der Waals surface area contributed by atoms with Gasteiger partial charge < -0.3 is 20.1 Å². The summed E-state index contributed by atoms with van der Waals surface area (Å²) in [7, 11) is -2.99. The molecule has 0 amide bonds. The normalized spacial score (nSPS) is 12.4. The number of halogens is 1. The number of sulfone groups is 1.